The summed E-state index contributed by atoms with van der Waals surface area (Å²) in [4.78, 5) is 0. The van der Waals surface area contributed by atoms with Crippen LogP contribution in [-0.2, 0) is 4.74 Å². The summed E-state index contributed by atoms with van der Waals surface area (Å²) in [6.07, 6.45) is 1.16. The predicted molar refractivity (Wildman–Crippen MR) is 98.0 cm³/mol. The Labute approximate surface area is 155 Å². The lowest BCUT2D eigenvalue weighted by atomic mass is 9.91. The number of rotatable bonds is 10. The highest BCUT2D eigenvalue weighted by atomic mass is 16.5. The van der Waals surface area contributed by atoms with Gasteiger partial charge in [0.05, 0.1) is 13.2 Å². The number of ether oxygens (including phenoxy) is 2. The van der Waals surface area contributed by atoms with Gasteiger partial charge in [-0.1, -0.05) is 57.2 Å². The van der Waals surface area contributed by atoms with E-state index in [0.717, 1.165) is 12.8 Å². The maximum absolute atomic E-state index is 10.3. The Hall–Kier alpha value is -1.18. The van der Waals surface area contributed by atoms with Crippen LogP contribution >= 0.6 is 0 Å². The SMILES string of the molecule is CCCCCCCCOc1ccccc1C1O[C@H](CO)[C@@H](O)[C@H](O)[C@H]1O. The smallest absolute Gasteiger partial charge is 0.125 e. The number of benzene rings is 1. The van der Waals surface area contributed by atoms with E-state index in [1.807, 2.05) is 6.07 Å². The summed E-state index contributed by atoms with van der Waals surface area (Å²) < 4.78 is 11.5. The number of hydrogen-bond acceptors (Lipinski definition) is 6. The van der Waals surface area contributed by atoms with E-state index in [0.29, 0.717) is 17.9 Å². The number of unbranched alkanes of at least 4 members (excludes halogenated alkanes) is 5. The van der Waals surface area contributed by atoms with Gasteiger partial charge in [0, 0.05) is 5.56 Å². The maximum atomic E-state index is 10.3. The lowest BCUT2D eigenvalue weighted by Crippen LogP contribution is -2.55. The molecule has 1 aromatic rings. The van der Waals surface area contributed by atoms with Crippen LogP contribution in [0.15, 0.2) is 24.3 Å². The van der Waals surface area contributed by atoms with Crippen LogP contribution in [0.3, 0.4) is 0 Å². The number of aliphatic hydroxyl groups excluding tert-OH is 4. The average molecular weight is 368 g/mol. The molecule has 0 bridgehead atoms. The molecule has 1 aliphatic heterocycles. The number of hydrogen-bond donors (Lipinski definition) is 4. The minimum atomic E-state index is -1.39. The third-order valence-corrected chi connectivity index (χ3v) is 4.87. The van der Waals surface area contributed by atoms with Gasteiger partial charge in [-0.2, -0.15) is 0 Å². The summed E-state index contributed by atoms with van der Waals surface area (Å²) in [7, 11) is 0. The molecule has 26 heavy (non-hydrogen) atoms. The molecule has 0 aromatic heterocycles. The highest BCUT2D eigenvalue weighted by Gasteiger charge is 2.44. The third-order valence-electron chi connectivity index (χ3n) is 4.87. The molecule has 1 aromatic carbocycles. The molecular weight excluding hydrogens is 336 g/mol. The van der Waals surface area contributed by atoms with Crippen molar-refractivity contribution in [1.29, 1.82) is 0 Å². The molecule has 1 heterocycles. The Morgan fingerprint density at radius 1 is 0.923 bits per heavy atom. The second-order valence-corrected chi connectivity index (χ2v) is 6.90. The van der Waals surface area contributed by atoms with E-state index in [-0.39, 0.29) is 0 Å². The van der Waals surface area contributed by atoms with Crippen LogP contribution < -0.4 is 4.74 Å². The molecule has 6 heteroatoms. The van der Waals surface area contributed by atoms with Gasteiger partial charge in [0.15, 0.2) is 0 Å². The van der Waals surface area contributed by atoms with Crippen molar-refractivity contribution >= 4 is 0 Å². The van der Waals surface area contributed by atoms with E-state index in [4.69, 9.17) is 9.47 Å². The van der Waals surface area contributed by atoms with Crippen LogP contribution in [-0.4, -0.2) is 58.1 Å². The second kappa shape index (κ2) is 10.8. The standard InChI is InChI=1S/C20H32O6/c1-2-3-4-5-6-9-12-25-15-11-8-7-10-14(15)20-19(24)18(23)17(22)16(13-21)26-20/h7-8,10-11,16-24H,2-6,9,12-13H2,1H3/t16-,17-,18+,19-,20?/m1/s1. The van der Waals surface area contributed by atoms with E-state index < -0.39 is 37.1 Å². The highest BCUT2D eigenvalue weighted by molar-refractivity contribution is 5.36. The first-order chi connectivity index (χ1) is 12.6. The van der Waals surface area contributed by atoms with Gasteiger partial charge in [0.25, 0.3) is 0 Å². The Bertz CT molecular complexity index is 521. The maximum Gasteiger partial charge on any atom is 0.125 e. The molecule has 2 rings (SSSR count). The molecule has 1 aliphatic rings. The van der Waals surface area contributed by atoms with Crippen molar-refractivity contribution in [3.8, 4) is 5.75 Å². The van der Waals surface area contributed by atoms with Gasteiger partial charge < -0.3 is 29.9 Å². The van der Waals surface area contributed by atoms with E-state index >= 15 is 0 Å². The van der Waals surface area contributed by atoms with Crippen molar-refractivity contribution in [3.05, 3.63) is 29.8 Å². The summed E-state index contributed by atoms with van der Waals surface area (Å²) in [6.45, 7) is 2.32. The van der Waals surface area contributed by atoms with Gasteiger partial charge in [-0.3, -0.25) is 0 Å². The summed E-state index contributed by atoms with van der Waals surface area (Å²) in [5.74, 6) is 0.588. The van der Waals surface area contributed by atoms with Crippen LogP contribution in [0.4, 0.5) is 0 Å². The molecule has 0 aliphatic carbocycles. The Morgan fingerprint density at radius 2 is 1.62 bits per heavy atom. The molecule has 5 atom stereocenters. The minimum Gasteiger partial charge on any atom is -0.493 e. The van der Waals surface area contributed by atoms with Crippen LogP contribution in [0.1, 0.15) is 57.1 Å². The molecular formula is C20H32O6. The van der Waals surface area contributed by atoms with Crippen molar-refractivity contribution in [1.82, 2.24) is 0 Å². The van der Waals surface area contributed by atoms with E-state index in [1.54, 1.807) is 18.2 Å². The van der Waals surface area contributed by atoms with Gasteiger partial charge in [-0.15, -0.1) is 0 Å². The average Bonchev–Trinajstić information content (AvgIpc) is 2.66. The van der Waals surface area contributed by atoms with Crippen molar-refractivity contribution < 1.29 is 29.9 Å². The fourth-order valence-corrected chi connectivity index (χ4v) is 3.27. The van der Waals surface area contributed by atoms with Crippen molar-refractivity contribution in [3.63, 3.8) is 0 Å². The summed E-state index contributed by atoms with van der Waals surface area (Å²) >= 11 is 0. The van der Waals surface area contributed by atoms with Crippen LogP contribution in [0, 0.1) is 0 Å². The van der Waals surface area contributed by atoms with Crippen LogP contribution in [0.5, 0.6) is 5.75 Å². The monoisotopic (exact) mass is 368 g/mol. The van der Waals surface area contributed by atoms with E-state index in [1.165, 1.54) is 25.7 Å². The zero-order valence-electron chi connectivity index (χ0n) is 15.5. The zero-order valence-corrected chi connectivity index (χ0v) is 15.5. The lowest BCUT2D eigenvalue weighted by molar-refractivity contribution is -0.232. The fourth-order valence-electron chi connectivity index (χ4n) is 3.27. The summed E-state index contributed by atoms with van der Waals surface area (Å²) in [5, 5.41) is 39.6. The zero-order chi connectivity index (χ0) is 18.9. The first-order valence-electron chi connectivity index (χ1n) is 9.62. The third kappa shape index (κ3) is 5.41. The summed E-state index contributed by atoms with van der Waals surface area (Å²) in [6, 6.07) is 7.20. The summed E-state index contributed by atoms with van der Waals surface area (Å²) in [5.41, 5.74) is 0.607. The molecule has 1 unspecified atom stereocenters. The van der Waals surface area contributed by atoms with Crippen molar-refractivity contribution in [2.24, 2.45) is 0 Å². The quantitative estimate of drug-likeness (QED) is 0.471. The molecule has 1 fully saturated rings. The molecule has 0 spiro atoms. The van der Waals surface area contributed by atoms with Gasteiger partial charge in [-0.25, -0.2) is 0 Å². The Kier molecular flexibility index (Phi) is 8.81. The van der Waals surface area contributed by atoms with E-state index in [2.05, 4.69) is 6.92 Å². The number of aliphatic hydroxyl groups is 4. The highest BCUT2D eigenvalue weighted by Crippen LogP contribution is 2.36. The van der Waals surface area contributed by atoms with Crippen LogP contribution in [0.2, 0.25) is 0 Å². The van der Waals surface area contributed by atoms with Gasteiger partial charge >= 0.3 is 0 Å². The molecule has 0 saturated carbocycles. The first kappa shape index (κ1) is 21.1. The van der Waals surface area contributed by atoms with E-state index in [9.17, 15) is 20.4 Å². The molecule has 1 saturated heterocycles. The Balaban J connectivity index is 1.97. The topological polar surface area (TPSA) is 99.4 Å². The molecule has 148 valence electrons. The van der Waals surface area contributed by atoms with Gasteiger partial charge in [0.2, 0.25) is 0 Å². The molecule has 6 nitrogen and oxygen atoms in total. The van der Waals surface area contributed by atoms with Crippen molar-refractivity contribution in [2.75, 3.05) is 13.2 Å². The molecule has 4 N–H and O–H groups in total. The minimum absolute atomic E-state index is 0.442. The van der Waals surface area contributed by atoms with Crippen LogP contribution in [0.25, 0.3) is 0 Å². The van der Waals surface area contributed by atoms with Gasteiger partial charge in [0.1, 0.15) is 36.3 Å². The lowest BCUT2D eigenvalue weighted by Gasteiger charge is -2.40. The van der Waals surface area contributed by atoms with Crippen molar-refractivity contribution in [2.45, 2.75) is 76.0 Å². The molecule has 0 amide bonds. The first-order valence-corrected chi connectivity index (χ1v) is 9.62. The fraction of sp³-hybridized carbons (Fsp3) is 0.700. The predicted octanol–water partition coefficient (Wildman–Crippen LogP) is 1.94. The largest absolute Gasteiger partial charge is 0.493 e. The Morgan fingerprint density at radius 3 is 2.35 bits per heavy atom. The molecule has 0 radical (unpaired) electrons. The normalized spacial score (nSPS) is 28.9. The van der Waals surface area contributed by atoms with Gasteiger partial charge in [-0.05, 0) is 12.5 Å². The number of para-hydroxylation sites is 1. The second-order valence-electron chi connectivity index (χ2n) is 6.90.